The summed E-state index contributed by atoms with van der Waals surface area (Å²) in [7, 11) is 0. The minimum atomic E-state index is -0.0616. The first-order chi connectivity index (χ1) is 29.5. The van der Waals surface area contributed by atoms with Gasteiger partial charge in [0.15, 0.2) is 5.82 Å². The number of furan rings is 1. The maximum atomic E-state index is 6.41. The third-order valence-corrected chi connectivity index (χ3v) is 12.5. The Kier molecular flexibility index (Phi) is 7.54. The highest BCUT2D eigenvalue weighted by Gasteiger charge is 2.35. The second-order valence-corrected chi connectivity index (χ2v) is 16.3. The van der Waals surface area contributed by atoms with Crippen molar-refractivity contribution in [3.05, 3.63) is 199 Å². The molecule has 3 aromatic heterocycles. The quantitative estimate of drug-likeness (QED) is 0.164. The summed E-state index contributed by atoms with van der Waals surface area (Å²) in [6.45, 7) is 4.63. The van der Waals surface area contributed by atoms with Crippen molar-refractivity contribution < 1.29 is 4.42 Å². The molecule has 4 nitrogen and oxygen atoms in total. The highest BCUT2D eigenvalue weighted by Crippen LogP contribution is 2.50. The van der Waals surface area contributed by atoms with Crippen LogP contribution in [-0.4, -0.2) is 15.0 Å². The van der Waals surface area contributed by atoms with Gasteiger partial charge in [0.1, 0.15) is 11.2 Å². The summed E-state index contributed by atoms with van der Waals surface area (Å²) in [5.41, 5.74) is 16.9. The average Bonchev–Trinajstić information content (AvgIpc) is 3.80. The van der Waals surface area contributed by atoms with Crippen molar-refractivity contribution in [1.82, 2.24) is 15.0 Å². The van der Waals surface area contributed by atoms with E-state index in [1.165, 1.54) is 22.3 Å². The van der Waals surface area contributed by atoms with Crippen molar-refractivity contribution in [1.29, 1.82) is 0 Å². The number of fused-ring (bicyclic) bond motifs is 10. The third-order valence-electron chi connectivity index (χ3n) is 12.5. The van der Waals surface area contributed by atoms with Crippen LogP contribution >= 0.6 is 0 Å². The zero-order valence-corrected chi connectivity index (χ0v) is 33.1. The molecule has 60 heavy (non-hydrogen) atoms. The Morgan fingerprint density at radius 1 is 0.383 bits per heavy atom. The first-order valence-corrected chi connectivity index (χ1v) is 20.5. The van der Waals surface area contributed by atoms with Gasteiger partial charge in [-0.25, -0.2) is 15.0 Å². The van der Waals surface area contributed by atoms with Gasteiger partial charge in [-0.2, -0.15) is 0 Å². The van der Waals surface area contributed by atoms with E-state index >= 15 is 0 Å². The van der Waals surface area contributed by atoms with Crippen LogP contribution in [0.1, 0.15) is 25.0 Å². The molecule has 1 aliphatic rings. The van der Waals surface area contributed by atoms with E-state index in [1.807, 2.05) is 30.3 Å². The van der Waals surface area contributed by atoms with Crippen molar-refractivity contribution in [2.75, 3.05) is 0 Å². The van der Waals surface area contributed by atoms with Crippen LogP contribution in [0.15, 0.2) is 192 Å². The molecule has 4 heteroatoms. The molecule has 0 atom stereocenters. The summed E-state index contributed by atoms with van der Waals surface area (Å²) < 4.78 is 6.41. The van der Waals surface area contributed by atoms with Gasteiger partial charge < -0.3 is 4.42 Å². The lowest BCUT2D eigenvalue weighted by Crippen LogP contribution is -2.14. The normalized spacial score (nSPS) is 13.0. The number of nitrogens with zero attached hydrogens (tertiary/aromatic N) is 3. The molecule has 0 saturated heterocycles. The minimum absolute atomic E-state index is 0.0616. The topological polar surface area (TPSA) is 51.8 Å². The fourth-order valence-corrected chi connectivity index (χ4v) is 9.54. The van der Waals surface area contributed by atoms with E-state index in [1.54, 1.807) is 0 Å². The van der Waals surface area contributed by atoms with E-state index in [2.05, 4.69) is 172 Å². The lowest BCUT2D eigenvalue weighted by molar-refractivity contribution is 0.660. The first-order valence-electron chi connectivity index (χ1n) is 20.5. The smallest absolute Gasteiger partial charge is 0.160 e. The predicted octanol–water partition coefficient (Wildman–Crippen LogP) is 14.7. The molecule has 0 unspecified atom stereocenters. The molecule has 0 radical (unpaired) electrons. The van der Waals surface area contributed by atoms with Gasteiger partial charge in [0.2, 0.25) is 0 Å². The summed E-state index contributed by atoms with van der Waals surface area (Å²) in [6.07, 6.45) is 0. The summed E-state index contributed by atoms with van der Waals surface area (Å²) in [6, 6.07) is 66.3. The lowest BCUT2D eigenvalue weighted by atomic mass is 9.82. The zero-order chi connectivity index (χ0) is 40.0. The number of para-hydroxylation sites is 2. The van der Waals surface area contributed by atoms with Crippen molar-refractivity contribution >= 4 is 43.6 Å². The Bertz CT molecular complexity index is 3490. The maximum Gasteiger partial charge on any atom is 0.160 e. The van der Waals surface area contributed by atoms with Crippen molar-refractivity contribution in [2.45, 2.75) is 19.3 Å². The first kappa shape index (κ1) is 34.4. The van der Waals surface area contributed by atoms with Crippen LogP contribution in [0, 0.1) is 0 Å². The van der Waals surface area contributed by atoms with E-state index < -0.39 is 0 Å². The van der Waals surface area contributed by atoms with Gasteiger partial charge in [0, 0.05) is 60.2 Å². The Labute approximate surface area is 347 Å². The molecule has 0 saturated carbocycles. The van der Waals surface area contributed by atoms with Crippen LogP contribution in [0.25, 0.3) is 111 Å². The molecule has 0 fully saturated rings. The van der Waals surface area contributed by atoms with Crippen molar-refractivity contribution in [3.8, 4) is 67.4 Å². The van der Waals surface area contributed by atoms with Crippen LogP contribution in [-0.2, 0) is 5.41 Å². The van der Waals surface area contributed by atoms with Gasteiger partial charge in [0.05, 0.1) is 22.6 Å². The second-order valence-electron chi connectivity index (χ2n) is 16.3. The van der Waals surface area contributed by atoms with Gasteiger partial charge in [-0.05, 0) is 58.1 Å². The van der Waals surface area contributed by atoms with Crippen molar-refractivity contribution in [2.24, 2.45) is 0 Å². The molecule has 282 valence electrons. The van der Waals surface area contributed by atoms with Crippen LogP contribution in [0.5, 0.6) is 0 Å². The number of hydrogen-bond acceptors (Lipinski definition) is 4. The molecule has 1 aliphatic carbocycles. The van der Waals surface area contributed by atoms with Gasteiger partial charge in [-0.3, -0.25) is 0 Å². The SMILES string of the molecule is CC1(C)c2ccccc2-c2cc(-c3cc(-c4ccc(-c5cccc6c5nc(-c5ccccc5)c5ccc7oc8ccccc8c7c56)cc4)nc(-c4ccccc4)n3)ccc21. The number of hydrogen-bond donors (Lipinski definition) is 0. The van der Waals surface area contributed by atoms with E-state index in [-0.39, 0.29) is 5.41 Å². The average molecular weight is 768 g/mol. The molecule has 12 rings (SSSR count). The summed E-state index contributed by atoms with van der Waals surface area (Å²) in [5.74, 6) is 0.699. The molecule has 8 aromatic carbocycles. The van der Waals surface area contributed by atoms with E-state index in [9.17, 15) is 0 Å². The molecule has 0 bridgehead atoms. The van der Waals surface area contributed by atoms with Gasteiger partial charge in [0.25, 0.3) is 0 Å². The zero-order valence-electron chi connectivity index (χ0n) is 33.1. The number of pyridine rings is 1. The monoisotopic (exact) mass is 767 g/mol. The van der Waals surface area contributed by atoms with E-state index in [0.717, 1.165) is 94.1 Å². The van der Waals surface area contributed by atoms with Gasteiger partial charge in [-0.15, -0.1) is 0 Å². The standard InChI is InChI=1S/C56H37N3O/c1-56(2)45-22-11-9-18-40(45)44-32-38(28-30-46(44)56)48-33-47(57-55(58-48)37-16-7-4-8-17-37)35-26-24-34(25-27-35)39-20-13-21-42-51-43(53(59-54(39)42)36-14-5-3-6-15-36)29-31-50-52(51)41-19-10-12-23-49(41)60-50/h3-33H,1-2H3. The number of aromatic nitrogens is 3. The van der Waals surface area contributed by atoms with Gasteiger partial charge in [-0.1, -0.05) is 172 Å². The highest BCUT2D eigenvalue weighted by molar-refractivity contribution is 6.29. The largest absolute Gasteiger partial charge is 0.456 e. The lowest BCUT2D eigenvalue weighted by Gasteiger charge is -2.21. The van der Waals surface area contributed by atoms with E-state index in [0.29, 0.717) is 5.82 Å². The summed E-state index contributed by atoms with van der Waals surface area (Å²) in [4.78, 5) is 15.9. The summed E-state index contributed by atoms with van der Waals surface area (Å²) >= 11 is 0. The van der Waals surface area contributed by atoms with Crippen LogP contribution in [0.2, 0.25) is 0 Å². The molecular weight excluding hydrogens is 731 g/mol. The Hall–Kier alpha value is -7.69. The summed E-state index contributed by atoms with van der Waals surface area (Å²) in [5, 5.41) is 5.57. The Morgan fingerprint density at radius 2 is 1.02 bits per heavy atom. The van der Waals surface area contributed by atoms with Crippen LogP contribution < -0.4 is 0 Å². The number of rotatable bonds is 5. The van der Waals surface area contributed by atoms with Crippen LogP contribution in [0.4, 0.5) is 0 Å². The predicted molar refractivity (Wildman–Crippen MR) is 247 cm³/mol. The fraction of sp³-hybridized carbons (Fsp3) is 0.0536. The second kappa shape index (κ2) is 13.2. The third kappa shape index (κ3) is 5.27. The molecule has 0 amide bonds. The Balaban J connectivity index is 1.02. The van der Waals surface area contributed by atoms with Gasteiger partial charge >= 0.3 is 0 Å². The minimum Gasteiger partial charge on any atom is -0.456 e. The maximum absolute atomic E-state index is 6.41. The fourth-order valence-electron chi connectivity index (χ4n) is 9.54. The van der Waals surface area contributed by atoms with Crippen LogP contribution in [0.3, 0.4) is 0 Å². The van der Waals surface area contributed by atoms with E-state index in [4.69, 9.17) is 19.4 Å². The molecule has 11 aromatic rings. The molecule has 0 N–H and O–H groups in total. The Morgan fingerprint density at radius 3 is 1.83 bits per heavy atom. The molecular formula is C56H37N3O. The molecule has 3 heterocycles. The van der Waals surface area contributed by atoms with Crippen molar-refractivity contribution in [3.63, 3.8) is 0 Å². The highest BCUT2D eigenvalue weighted by atomic mass is 16.3. The number of benzene rings is 8. The molecule has 0 spiro atoms. The molecule has 0 aliphatic heterocycles.